The van der Waals surface area contributed by atoms with Gasteiger partial charge in [0, 0.05) is 12.2 Å². The van der Waals surface area contributed by atoms with Crippen LogP contribution in [0.5, 0.6) is 0 Å². The Bertz CT molecular complexity index is 365. The monoisotopic (exact) mass is 209 g/mol. The molecule has 1 aromatic carbocycles. The van der Waals surface area contributed by atoms with E-state index in [4.69, 9.17) is 0 Å². The van der Waals surface area contributed by atoms with E-state index >= 15 is 0 Å². The SMILES string of the molecule is CCN1c2ccc(F)cc2CC1C(C)O. The molecule has 3 heteroatoms. The van der Waals surface area contributed by atoms with Gasteiger partial charge in [-0.25, -0.2) is 4.39 Å². The summed E-state index contributed by atoms with van der Waals surface area (Å²) >= 11 is 0. The van der Waals surface area contributed by atoms with Crippen molar-refractivity contribution in [2.24, 2.45) is 0 Å². The van der Waals surface area contributed by atoms with Crippen LogP contribution in [-0.4, -0.2) is 23.8 Å². The number of nitrogens with zero attached hydrogens (tertiary/aromatic N) is 1. The summed E-state index contributed by atoms with van der Waals surface area (Å²) in [7, 11) is 0. The molecule has 82 valence electrons. The fourth-order valence-corrected chi connectivity index (χ4v) is 2.35. The summed E-state index contributed by atoms with van der Waals surface area (Å²) in [5, 5.41) is 9.66. The molecule has 1 heterocycles. The van der Waals surface area contributed by atoms with E-state index in [-0.39, 0.29) is 18.0 Å². The summed E-state index contributed by atoms with van der Waals surface area (Å²) in [5.74, 6) is -0.198. The van der Waals surface area contributed by atoms with Gasteiger partial charge in [-0.2, -0.15) is 0 Å². The van der Waals surface area contributed by atoms with Crippen molar-refractivity contribution in [2.75, 3.05) is 11.4 Å². The molecule has 2 rings (SSSR count). The van der Waals surface area contributed by atoms with E-state index in [1.165, 1.54) is 6.07 Å². The molecule has 2 atom stereocenters. The number of hydrogen-bond donors (Lipinski definition) is 1. The number of fused-ring (bicyclic) bond motifs is 1. The average Bonchev–Trinajstić information content (AvgIpc) is 2.55. The summed E-state index contributed by atoms with van der Waals surface area (Å²) in [4.78, 5) is 2.14. The van der Waals surface area contributed by atoms with Crippen LogP contribution < -0.4 is 4.90 Å². The van der Waals surface area contributed by atoms with Gasteiger partial charge < -0.3 is 10.0 Å². The highest BCUT2D eigenvalue weighted by Crippen LogP contribution is 2.33. The third-order valence-corrected chi connectivity index (χ3v) is 3.08. The first-order chi connectivity index (χ1) is 7.13. The lowest BCUT2D eigenvalue weighted by Crippen LogP contribution is -2.39. The quantitative estimate of drug-likeness (QED) is 0.804. The Morgan fingerprint density at radius 1 is 1.60 bits per heavy atom. The largest absolute Gasteiger partial charge is 0.391 e. The lowest BCUT2D eigenvalue weighted by Gasteiger charge is -2.28. The molecule has 0 aromatic heterocycles. The molecule has 0 aliphatic carbocycles. The van der Waals surface area contributed by atoms with E-state index < -0.39 is 0 Å². The Hall–Kier alpha value is -1.09. The minimum Gasteiger partial charge on any atom is -0.391 e. The van der Waals surface area contributed by atoms with Crippen molar-refractivity contribution in [3.05, 3.63) is 29.6 Å². The van der Waals surface area contributed by atoms with Gasteiger partial charge in [0.05, 0.1) is 12.1 Å². The molecular formula is C12H16FNO. The number of likely N-dealkylation sites (N-methyl/N-ethyl adjacent to an activating group) is 1. The summed E-state index contributed by atoms with van der Waals surface area (Å²) in [6.07, 6.45) is 0.346. The number of aliphatic hydroxyl groups is 1. The van der Waals surface area contributed by atoms with Crippen LogP contribution in [0.2, 0.25) is 0 Å². The highest BCUT2D eigenvalue weighted by atomic mass is 19.1. The number of hydrogen-bond acceptors (Lipinski definition) is 2. The number of aliphatic hydroxyl groups excluding tert-OH is 1. The molecule has 0 fully saturated rings. The third kappa shape index (κ3) is 1.72. The zero-order chi connectivity index (χ0) is 11.0. The summed E-state index contributed by atoms with van der Waals surface area (Å²) in [5.41, 5.74) is 2.06. The van der Waals surface area contributed by atoms with E-state index in [2.05, 4.69) is 4.90 Å². The molecule has 2 unspecified atom stereocenters. The maximum Gasteiger partial charge on any atom is 0.123 e. The van der Waals surface area contributed by atoms with Crippen LogP contribution in [0.1, 0.15) is 19.4 Å². The maximum atomic E-state index is 13.0. The topological polar surface area (TPSA) is 23.5 Å². The minimum atomic E-state index is -0.389. The zero-order valence-electron chi connectivity index (χ0n) is 9.07. The number of benzene rings is 1. The Morgan fingerprint density at radius 2 is 2.33 bits per heavy atom. The predicted octanol–water partition coefficient (Wildman–Crippen LogP) is 1.96. The van der Waals surface area contributed by atoms with Crippen LogP contribution in [0.3, 0.4) is 0 Å². The second kappa shape index (κ2) is 3.81. The third-order valence-electron chi connectivity index (χ3n) is 3.08. The van der Waals surface area contributed by atoms with Gasteiger partial charge >= 0.3 is 0 Å². The lowest BCUT2D eigenvalue weighted by atomic mass is 10.1. The Balaban J connectivity index is 2.37. The molecule has 0 bridgehead atoms. The van der Waals surface area contributed by atoms with Crippen molar-refractivity contribution in [2.45, 2.75) is 32.4 Å². The van der Waals surface area contributed by atoms with Crippen LogP contribution in [0.4, 0.5) is 10.1 Å². The van der Waals surface area contributed by atoms with Crippen LogP contribution in [0.25, 0.3) is 0 Å². The first kappa shape index (κ1) is 10.4. The molecule has 15 heavy (non-hydrogen) atoms. The molecule has 0 amide bonds. The summed E-state index contributed by atoms with van der Waals surface area (Å²) < 4.78 is 13.0. The fourth-order valence-electron chi connectivity index (χ4n) is 2.35. The molecule has 2 nitrogen and oxygen atoms in total. The highest BCUT2D eigenvalue weighted by molar-refractivity contribution is 5.59. The van der Waals surface area contributed by atoms with E-state index in [9.17, 15) is 9.50 Å². The molecule has 1 N–H and O–H groups in total. The normalized spacial score (nSPS) is 21.6. The number of halogens is 1. The second-order valence-corrected chi connectivity index (χ2v) is 4.07. The smallest absolute Gasteiger partial charge is 0.123 e. The van der Waals surface area contributed by atoms with Crippen molar-refractivity contribution >= 4 is 5.69 Å². The first-order valence-electron chi connectivity index (χ1n) is 5.36. The second-order valence-electron chi connectivity index (χ2n) is 4.07. The predicted molar refractivity (Wildman–Crippen MR) is 58.6 cm³/mol. The Morgan fingerprint density at radius 3 is 2.93 bits per heavy atom. The van der Waals surface area contributed by atoms with Gasteiger partial charge in [0.25, 0.3) is 0 Å². The zero-order valence-corrected chi connectivity index (χ0v) is 9.07. The molecule has 0 saturated heterocycles. The van der Waals surface area contributed by atoms with Crippen molar-refractivity contribution < 1.29 is 9.50 Å². The van der Waals surface area contributed by atoms with Crippen molar-refractivity contribution in [3.8, 4) is 0 Å². The molecular weight excluding hydrogens is 193 g/mol. The van der Waals surface area contributed by atoms with Gasteiger partial charge in [-0.05, 0) is 44.0 Å². The standard InChI is InChI=1S/C12H16FNO/c1-3-14-11-5-4-10(13)6-9(11)7-12(14)8(2)15/h4-6,8,12,15H,3,7H2,1-2H3. The van der Waals surface area contributed by atoms with Gasteiger partial charge in [0.15, 0.2) is 0 Å². The summed E-state index contributed by atoms with van der Waals surface area (Å²) in [6, 6.07) is 4.94. The van der Waals surface area contributed by atoms with E-state index in [0.29, 0.717) is 0 Å². The van der Waals surface area contributed by atoms with E-state index in [1.54, 1.807) is 19.1 Å². The van der Waals surface area contributed by atoms with Crippen molar-refractivity contribution in [1.82, 2.24) is 0 Å². The molecule has 0 radical (unpaired) electrons. The van der Waals surface area contributed by atoms with Gasteiger partial charge in [-0.1, -0.05) is 0 Å². The average molecular weight is 209 g/mol. The van der Waals surface area contributed by atoms with Crippen molar-refractivity contribution in [1.29, 1.82) is 0 Å². The van der Waals surface area contributed by atoms with Crippen LogP contribution >= 0.6 is 0 Å². The Labute approximate surface area is 89.3 Å². The van der Waals surface area contributed by atoms with E-state index in [0.717, 1.165) is 24.2 Å². The lowest BCUT2D eigenvalue weighted by molar-refractivity contribution is 0.162. The molecule has 0 spiro atoms. The van der Waals surface area contributed by atoms with Gasteiger partial charge in [-0.3, -0.25) is 0 Å². The molecule has 1 aromatic rings. The van der Waals surface area contributed by atoms with Crippen LogP contribution in [0.15, 0.2) is 18.2 Å². The minimum absolute atomic E-state index is 0.0896. The number of anilines is 1. The fraction of sp³-hybridized carbons (Fsp3) is 0.500. The van der Waals surface area contributed by atoms with Crippen LogP contribution in [0, 0.1) is 5.82 Å². The summed E-state index contributed by atoms with van der Waals surface area (Å²) in [6.45, 7) is 4.68. The van der Waals surface area contributed by atoms with E-state index in [1.807, 2.05) is 6.92 Å². The van der Waals surface area contributed by atoms with Gasteiger partial charge in [0.2, 0.25) is 0 Å². The van der Waals surface area contributed by atoms with Gasteiger partial charge in [0.1, 0.15) is 5.82 Å². The van der Waals surface area contributed by atoms with Crippen LogP contribution in [-0.2, 0) is 6.42 Å². The molecule has 1 aliphatic rings. The molecule has 1 aliphatic heterocycles. The van der Waals surface area contributed by atoms with Crippen molar-refractivity contribution in [3.63, 3.8) is 0 Å². The first-order valence-corrected chi connectivity index (χ1v) is 5.36. The van der Waals surface area contributed by atoms with Gasteiger partial charge in [-0.15, -0.1) is 0 Å². The highest BCUT2D eigenvalue weighted by Gasteiger charge is 2.31. The Kier molecular flexibility index (Phi) is 2.65. The maximum absolute atomic E-state index is 13.0. The molecule has 0 saturated carbocycles. The number of rotatable bonds is 2.